The highest BCUT2D eigenvalue weighted by Crippen LogP contribution is 2.29. The van der Waals surface area contributed by atoms with Crippen LogP contribution in [0, 0.1) is 0 Å². The van der Waals surface area contributed by atoms with E-state index in [-0.39, 0.29) is 15.7 Å². The monoisotopic (exact) mass is 379 g/mol. The topological polar surface area (TPSA) is 79.8 Å². The number of amides is 2. The molecule has 8 heteroatoms. The lowest BCUT2D eigenvalue weighted by atomic mass is 10.2. The number of hydrogen-bond acceptors (Lipinski definition) is 4. The van der Waals surface area contributed by atoms with Gasteiger partial charge < -0.3 is 10.1 Å². The minimum absolute atomic E-state index is 0.156. The molecule has 130 valence electrons. The van der Waals surface area contributed by atoms with E-state index in [2.05, 4.69) is 15.8 Å². The van der Waals surface area contributed by atoms with E-state index in [0.29, 0.717) is 6.61 Å². The van der Waals surface area contributed by atoms with Crippen molar-refractivity contribution in [1.29, 1.82) is 0 Å². The smallest absolute Gasteiger partial charge is 0.329 e. The zero-order valence-electron chi connectivity index (χ0n) is 13.3. The van der Waals surface area contributed by atoms with Crippen LogP contribution in [0.2, 0.25) is 10.0 Å². The fourth-order valence-electron chi connectivity index (χ4n) is 1.81. The van der Waals surface area contributed by atoms with Crippen molar-refractivity contribution >= 4 is 46.9 Å². The molecule has 2 N–H and O–H groups in total. The van der Waals surface area contributed by atoms with E-state index in [9.17, 15) is 9.59 Å². The predicted octanol–water partition coefficient (Wildman–Crippen LogP) is 3.48. The summed E-state index contributed by atoms with van der Waals surface area (Å²) in [6.07, 6.45) is 1.41. The van der Waals surface area contributed by atoms with Crippen molar-refractivity contribution in [1.82, 2.24) is 5.43 Å². The zero-order chi connectivity index (χ0) is 18.2. The van der Waals surface area contributed by atoms with Crippen LogP contribution in [0.15, 0.2) is 47.6 Å². The Hall–Kier alpha value is -2.57. The van der Waals surface area contributed by atoms with Crippen LogP contribution in [0.1, 0.15) is 12.5 Å². The summed E-state index contributed by atoms with van der Waals surface area (Å²) >= 11 is 11.8. The molecular formula is C17H15Cl2N3O3. The maximum Gasteiger partial charge on any atom is 0.329 e. The highest BCUT2D eigenvalue weighted by Gasteiger charge is 2.15. The second-order valence-corrected chi connectivity index (χ2v) is 5.54. The Balaban J connectivity index is 1.90. The molecule has 0 saturated heterocycles. The molecule has 0 spiro atoms. The van der Waals surface area contributed by atoms with E-state index >= 15 is 0 Å². The number of hydrazone groups is 1. The van der Waals surface area contributed by atoms with Crippen molar-refractivity contribution in [2.24, 2.45) is 5.10 Å². The Bertz CT molecular complexity index is 792. The van der Waals surface area contributed by atoms with Crippen molar-refractivity contribution in [3.63, 3.8) is 0 Å². The molecule has 2 aromatic carbocycles. The lowest BCUT2D eigenvalue weighted by Crippen LogP contribution is -2.32. The number of halogens is 2. The summed E-state index contributed by atoms with van der Waals surface area (Å²) in [7, 11) is 0. The van der Waals surface area contributed by atoms with Gasteiger partial charge in [-0.3, -0.25) is 9.59 Å². The predicted molar refractivity (Wildman–Crippen MR) is 98.4 cm³/mol. The van der Waals surface area contributed by atoms with Crippen LogP contribution < -0.4 is 15.5 Å². The third-order valence-corrected chi connectivity index (χ3v) is 3.80. The van der Waals surface area contributed by atoms with Crippen LogP contribution in [-0.2, 0) is 9.59 Å². The first kappa shape index (κ1) is 18.8. The first-order valence-corrected chi connectivity index (χ1v) is 8.08. The second-order valence-electron chi connectivity index (χ2n) is 4.76. The van der Waals surface area contributed by atoms with Crippen LogP contribution in [-0.4, -0.2) is 24.6 Å². The molecule has 2 aromatic rings. The summed E-state index contributed by atoms with van der Waals surface area (Å²) in [5, 5.41) is 6.53. The summed E-state index contributed by atoms with van der Waals surface area (Å²) in [6, 6.07) is 11.8. The third-order valence-electron chi connectivity index (χ3n) is 2.98. The van der Waals surface area contributed by atoms with Gasteiger partial charge in [-0.1, -0.05) is 29.3 Å². The normalized spacial score (nSPS) is 10.5. The largest absolute Gasteiger partial charge is 0.494 e. The summed E-state index contributed by atoms with van der Waals surface area (Å²) in [5.74, 6) is -1.10. The number of carbonyl (C=O) groups excluding carboxylic acids is 2. The molecule has 0 aliphatic rings. The molecule has 2 amide bonds. The Morgan fingerprint density at radius 2 is 1.84 bits per heavy atom. The highest BCUT2D eigenvalue weighted by molar-refractivity contribution is 6.45. The number of nitrogens with one attached hydrogen (secondary N) is 2. The Labute approximate surface area is 154 Å². The maximum atomic E-state index is 11.8. The molecular weight excluding hydrogens is 365 g/mol. The molecule has 0 aliphatic carbocycles. The molecule has 0 aromatic heterocycles. The Morgan fingerprint density at radius 3 is 2.52 bits per heavy atom. The molecule has 6 nitrogen and oxygen atoms in total. The van der Waals surface area contributed by atoms with Gasteiger partial charge in [0.25, 0.3) is 0 Å². The number of rotatable bonds is 5. The van der Waals surface area contributed by atoms with Crippen molar-refractivity contribution in [2.45, 2.75) is 6.92 Å². The quantitative estimate of drug-likeness (QED) is 0.474. The second kappa shape index (κ2) is 9.05. The molecule has 0 fully saturated rings. The van der Waals surface area contributed by atoms with Gasteiger partial charge in [-0.05, 0) is 48.9 Å². The van der Waals surface area contributed by atoms with Crippen molar-refractivity contribution in [3.8, 4) is 5.75 Å². The van der Waals surface area contributed by atoms with Crippen molar-refractivity contribution in [3.05, 3.63) is 58.1 Å². The zero-order valence-corrected chi connectivity index (χ0v) is 14.8. The van der Waals surface area contributed by atoms with Crippen molar-refractivity contribution in [2.75, 3.05) is 11.9 Å². The van der Waals surface area contributed by atoms with Gasteiger partial charge in [0.1, 0.15) is 5.75 Å². The summed E-state index contributed by atoms with van der Waals surface area (Å²) in [5.41, 5.74) is 3.11. The number of nitrogens with zero attached hydrogens (tertiary/aromatic N) is 1. The number of carbonyl (C=O) groups is 2. The SMILES string of the molecule is CCOc1ccc(/C=N/NC(=O)C(=O)Nc2cccc(Cl)c2Cl)cc1. The molecule has 0 unspecified atom stereocenters. The Morgan fingerprint density at radius 1 is 1.12 bits per heavy atom. The van der Waals surface area contributed by atoms with Gasteiger partial charge in [0, 0.05) is 0 Å². The van der Waals surface area contributed by atoms with E-state index in [0.717, 1.165) is 11.3 Å². The standard InChI is InChI=1S/C17H15Cl2N3O3/c1-2-25-12-8-6-11(7-9-12)10-20-22-17(24)16(23)21-14-5-3-4-13(18)15(14)19/h3-10H,2H2,1H3,(H,21,23)(H,22,24)/b20-10+. The molecule has 0 saturated carbocycles. The third kappa shape index (κ3) is 5.48. The van der Waals surface area contributed by atoms with Crippen molar-refractivity contribution < 1.29 is 14.3 Å². The van der Waals surface area contributed by atoms with Crippen LogP contribution in [0.5, 0.6) is 5.75 Å². The number of benzene rings is 2. The summed E-state index contributed by atoms with van der Waals surface area (Å²) in [6.45, 7) is 2.47. The summed E-state index contributed by atoms with van der Waals surface area (Å²) in [4.78, 5) is 23.6. The molecule has 0 bridgehead atoms. The van der Waals surface area contributed by atoms with Crippen LogP contribution in [0.3, 0.4) is 0 Å². The fourth-order valence-corrected chi connectivity index (χ4v) is 2.16. The maximum absolute atomic E-state index is 11.8. The highest BCUT2D eigenvalue weighted by atomic mass is 35.5. The summed E-state index contributed by atoms with van der Waals surface area (Å²) < 4.78 is 5.32. The molecule has 0 aliphatic heterocycles. The van der Waals surface area contributed by atoms with E-state index in [1.807, 2.05) is 6.92 Å². The average Bonchev–Trinajstić information content (AvgIpc) is 2.60. The van der Waals surface area contributed by atoms with Gasteiger partial charge in [-0.15, -0.1) is 0 Å². The van der Waals surface area contributed by atoms with Gasteiger partial charge in [0.05, 0.1) is 28.6 Å². The van der Waals surface area contributed by atoms with E-state index in [4.69, 9.17) is 27.9 Å². The lowest BCUT2D eigenvalue weighted by Gasteiger charge is -2.06. The first-order chi connectivity index (χ1) is 12.0. The molecule has 0 heterocycles. The fraction of sp³-hybridized carbons (Fsp3) is 0.118. The van der Waals surface area contributed by atoms with Crippen LogP contribution in [0.4, 0.5) is 5.69 Å². The van der Waals surface area contributed by atoms with Gasteiger partial charge in [-0.25, -0.2) is 5.43 Å². The Kier molecular flexibility index (Phi) is 6.80. The molecule has 25 heavy (non-hydrogen) atoms. The van der Waals surface area contributed by atoms with Crippen LogP contribution in [0.25, 0.3) is 0 Å². The van der Waals surface area contributed by atoms with E-state index in [1.54, 1.807) is 36.4 Å². The minimum atomic E-state index is -0.932. The number of ether oxygens (including phenoxy) is 1. The molecule has 0 atom stereocenters. The van der Waals surface area contributed by atoms with E-state index < -0.39 is 11.8 Å². The van der Waals surface area contributed by atoms with Gasteiger partial charge >= 0.3 is 11.8 Å². The van der Waals surface area contributed by atoms with E-state index in [1.165, 1.54) is 12.3 Å². The number of hydrogen-bond donors (Lipinski definition) is 2. The number of anilines is 1. The van der Waals surface area contributed by atoms with Crippen LogP contribution >= 0.6 is 23.2 Å². The molecule has 0 radical (unpaired) electrons. The van der Waals surface area contributed by atoms with Gasteiger partial charge in [-0.2, -0.15) is 5.10 Å². The minimum Gasteiger partial charge on any atom is -0.494 e. The lowest BCUT2D eigenvalue weighted by molar-refractivity contribution is -0.136. The first-order valence-electron chi connectivity index (χ1n) is 7.32. The van der Waals surface area contributed by atoms with Gasteiger partial charge in [0.15, 0.2) is 0 Å². The van der Waals surface area contributed by atoms with Gasteiger partial charge in [0.2, 0.25) is 0 Å². The molecule has 2 rings (SSSR count). The average molecular weight is 380 g/mol.